The molecule has 0 aliphatic carbocycles. The molecule has 0 atom stereocenters. The van der Waals surface area contributed by atoms with Crippen LogP contribution in [0.5, 0.6) is 11.5 Å². The maximum atomic E-state index is 9.49. The Morgan fingerprint density at radius 1 is 0.786 bits per heavy atom. The van der Waals surface area contributed by atoms with Crippen LogP contribution in [0.15, 0.2) is 0 Å². The summed E-state index contributed by atoms with van der Waals surface area (Å²) in [6.07, 6.45) is 0. The summed E-state index contributed by atoms with van der Waals surface area (Å²) in [5, 5.41) is 37.0. The fraction of sp³-hybridized carbons (Fsp3) is 0.400. The molecule has 1 aromatic carbocycles. The molecule has 0 spiro atoms. The molecule has 0 aliphatic heterocycles. The fourth-order valence-electron chi connectivity index (χ4n) is 1.54. The van der Waals surface area contributed by atoms with E-state index < -0.39 is 0 Å². The van der Waals surface area contributed by atoms with Crippen molar-refractivity contribution in [3.05, 3.63) is 22.3 Å². The highest BCUT2D eigenvalue weighted by Crippen LogP contribution is 2.37. The van der Waals surface area contributed by atoms with Crippen LogP contribution >= 0.6 is 0 Å². The van der Waals surface area contributed by atoms with Gasteiger partial charge in [0.15, 0.2) is 11.5 Å². The van der Waals surface area contributed by atoms with E-state index in [9.17, 15) is 10.2 Å². The van der Waals surface area contributed by atoms with Crippen molar-refractivity contribution in [2.24, 2.45) is 0 Å². The topological polar surface area (TPSA) is 80.9 Å². The number of aromatic hydroxyl groups is 2. The number of aliphatic hydroxyl groups is 2. The summed E-state index contributed by atoms with van der Waals surface area (Å²) in [6.45, 7) is 2.70. The van der Waals surface area contributed by atoms with Gasteiger partial charge >= 0.3 is 0 Å². The van der Waals surface area contributed by atoms with E-state index in [-0.39, 0.29) is 30.3 Å². The van der Waals surface area contributed by atoms with Crippen molar-refractivity contribution in [1.29, 1.82) is 0 Å². The van der Waals surface area contributed by atoms with Crippen molar-refractivity contribution in [2.45, 2.75) is 27.1 Å². The molecular weight excluding hydrogens is 184 g/mol. The van der Waals surface area contributed by atoms with E-state index in [1.165, 1.54) is 0 Å². The van der Waals surface area contributed by atoms with Gasteiger partial charge in [0.2, 0.25) is 0 Å². The van der Waals surface area contributed by atoms with Crippen molar-refractivity contribution in [3.8, 4) is 11.5 Å². The Morgan fingerprint density at radius 2 is 1.29 bits per heavy atom. The number of phenolic OH excluding ortho intramolecular Hbond substituents is 1. The fourth-order valence-corrected chi connectivity index (χ4v) is 1.54. The molecule has 0 aliphatic rings. The molecule has 0 amide bonds. The molecule has 0 saturated carbocycles. The maximum absolute atomic E-state index is 9.49. The highest BCUT2D eigenvalue weighted by molar-refractivity contribution is 5.57. The smallest absolute Gasteiger partial charge is 0.163 e. The molecule has 78 valence electrons. The van der Waals surface area contributed by atoms with E-state index in [0.29, 0.717) is 16.7 Å². The minimum absolute atomic E-state index is 0.224. The standard InChI is InChI=1S/C10H14O4/c1-5-7(3-11)6(2)9(13)10(14)8(5)4-12/h11-14H,3-4H2,1-2H3. The zero-order valence-corrected chi connectivity index (χ0v) is 8.20. The van der Waals surface area contributed by atoms with E-state index in [1.807, 2.05) is 0 Å². The first-order chi connectivity index (χ1) is 6.54. The second-order valence-corrected chi connectivity index (χ2v) is 3.22. The number of aliphatic hydroxyl groups excluding tert-OH is 2. The van der Waals surface area contributed by atoms with Crippen LogP contribution in [-0.2, 0) is 13.2 Å². The molecule has 4 N–H and O–H groups in total. The Morgan fingerprint density at radius 3 is 1.71 bits per heavy atom. The van der Waals surface area contributed by atoms with Gasteiger partial charge in [0.25, 0.3) is 0 Å². The summed E-state index contributed by atoms with van der Waals surface area (Å²) < 4.78 is 0. The second-order valence-electron chi connectivity index (χ2n) is 3.22. The van der Waals surface area contributed by atoms with E-state index in [1.54, 1.807) is 13.8 Å². The van der Waals surface area contributed by atoms with Crippen LogP contribution in [0.3, 0.4) is 0 Å². The Hall–Kier alpha value is -1.26. The molecule has 0 heterocycles. The minimum Gasteiger partial charge on any atom is -0.504 e. The quantitative estimate of drug-likeness (QED) is 0.527. The summed E-state index contributed by atoms with van der Waals surface area (Å²) in [5.41, 5.74) is 1.86. The van der Waals surface area contributed by atoms with Gasteiger partial charge in [-0.3, -0.25) is 0 Å². The van der Waals surface area contributed by atoms with Gasteiger partial charge in [-0.25, -0.2) is 0 Å². The van der Waals surface area contributed by atoms with Gasteiger partial charge in [0, 0.05) is 11.1 Å². The molecule has 0 fully saturated rings. The molecule has 1 aromatic rings. The highest BCUT2D eigenvalue weighted by Gasteiger charge is 2.17. The predicted molar refractivity (Wildman–Crippen MR) is 51.1 cm³/mol. The van der Waals surface area contributed by atoms with Crippen molar-refractivity contribution in [3.63, 3.8) is 0 Å². The van der Waals surface area contributed by atoms with Gasteiger partial charge in [0.1, 0.15) is 0 Å². The van der Waals surface area contributed by atoms with Crippen LogP contribution in [0, 0.1) is 13.8 Å². The molecule has 14 heavy (non-hydrogen) atoms. The summed E-state index contributed by atoms with van der Waals surface area (Å²) in [4.78, 5) is 0. The molecular formula is C10H14O4. The number of rotatable bonds is 2. The SMILES string of the molecule is Cc1c(O)c(O)c(CO)c(C)c1CO. The number of hydrogen-bond donors (Lipinski definition) is 4. The van der Waals surface area contributed by atoms with Crippen molar-refractivity contribution < 1.29 is 20.4 Å². The van der Waals surface area contributed by atoms with E-state index in [4.69, 9.17) is 10.2 Å². The number of phenols is 2. The van der Waals surface area contributed by atoms with E-state index in [0.717, 1.165) is 0 Å². The molecule has 1 rings (SSSR count). The van der Waals surface area contributed by atoms with E-state index >= 15 is 0 Å². The normalized spacial score (nSPS) is 10.6. The van der Waals surface area contributed by atoms with E-state index in [2.05, 4.69) is 0 Å². The van der Waals surface area contributed by atoms with Crippen LogP contribution in [0.2, 0.25) is 0 Å². The molecule has 0 aromatic heterocycles. The largest absolute Gasteiger partial charge is 0.504 e. The summed E-state index contributed by atoms with van der Waals surface area (Å²) in [6, 6.07) is 0. The molecule has 0 bridgehead atoms. The van der Waals surface area contributed by atoms with Crippen molar-refractivity contribution >= 4 is 0 Å². The Labute approximate surface area is 82.1 Å². The minimum atomic E-state index is -0.363. The Balaban J connectivity index is 3.56. The van der Waals surface area contributed by atoms with Gasteiger partial charge < -0.3 is 20.4 Å². The highest BCUT2D eigenvalue weighted by atomic mass is 16.3. The summed E-state index contributed by atoms with van der Waals surface area (Å²) >= 11 is 0. The average molecular weight is 198 g/mol. The first-order valence-corrected chi connectivity index (χ1v) is 4.29. The summed E-state index contributed by atoms with van der Waals surface area (Å²) in [5.74, 6) is -0.580. The van der Waals surface area contributed by atoms with Crippen molar-refractivity contribution in [2.75, 3.05) is 0 Å². The molecule has 4 nitrogen and oxygen atoms in total. The van der Waals surface area contributed by atoms with Crippen LogP contribution in [0.4, 0.5) is 0 Å². The van der Waals surface area contributed by atoms with Gasteiger partial charge in [-0.15, -0.1) is 0 Å². The van der Waals surface area contributed by atoms with Gasteiger partial charge in [-0.05, 0) is 25.0 Å². The first-order valence-electron chi connectivity index (χ1n) is 4.29. The Kier molecular flexibility index (Phi) is 2.98. The molecule has 0 unspecified atom stereocenters. The number of benzene rings is 1. The second kappa shape index (κ2) is 3.86. The lowest BCUT2D eigenvalue weighted by molar-refractivity contribution is 0.265. The van der Waals surface area contributed by atoms with Crippen LogP contribution in [-0.4, -0.2) is 20.4 Å². The Bertz CT molecular complexity index is 327. The number of hydrogen-bond acceptors (Lipinski definition) is 4. The van der Waals surface area contributed by atoms with Crippen LogP contribution in [0.1, 0.15) is 22.3 Å². The summed E-state index contributed by atoms with van der Waals surface area (Å²) in [7, 11) is 0. The molecule has 0 radical (unpaired) electrons. The predicted octanol–water partition coefficient (Wildman–Crippen LogP) is 0.699. The van der Waals surface area contributed by atoms with Gasteiger partial charge in [-0.2, -0.15) is 0 Å². The van der Waals surface area contributed by atoms with Crippen LogP contribution < -0.4 is 0 Å². The molecule has 0 saturated heterocycles. The maximum Gasteiger partial charge on any atom is 0.163 e. The molecule has 4 heteroatoms. The van der Waals surface area contributed by atoms with Crippen molar-refractivity contribution in [1.82, 2.24) is 0 Å². The lowest BCUT2D eigenvalue weighted by Gasteiger charge is -2.15. The third kappa shape index (κ3) is 1.42. The average Bonchev–Trinajstić information content (AvgIpc) is 2.16. The van der Waals surface area contributed by atoms with Crippen LogP contribution in [0.25, 0.3) is 0 Å². The monoisotopic (exact) mass is 198 g/mol. The third-order valence-corrected chi connectivity index (χ3v) is 2.54. The van der Waals surface area contributed by atoms with Gasteiger partial charge in [0.05, 0.1) is 13.2 Å². The zero-order chi connectivity index (χ0) is 10.9. The third-order valence-electron chi connectivity index (χ3n) is 2.54. The lowest BCUT2D eigenvalue weighted by Crippen LogP contribution is -2.00. The lowest BCUT2D eigenvalue weighted by atomic mass is 9.96. The first kappa shape index (κ1) is 10.8. The zero-order valence-electron chi connectivity index (χ0n) is 8.20. The van der Waals surface area contributed by atoms with Gasteiger partial charge in [-0.1, -0.05) is 0 Å².